The van der Waals surface area contributed by atoms with E-state index < -0.39 is 95.7 Å². The van der Waals surface area contributed by atoms with Gasteiger partial charge < -0.3 is 70.6 Å². The summed E-state index contributed by atoms with van der Waals surface area (Å²) < 4.78 is 0. The zero-order valence-corrected chi connectivity index (χ0v) is 36.6. The van der Waals surface area contributed by atoms with Gasteiger partial charge in [-0.05, 0) is 76.6 Å². The first-order valence-electron chi connectivity index (χ1n) is 21.3. The molecule has 352 valence electrons. The molecule has 1 aromatic carbocycles. The average molecular weight is 889 g/mol. The fourth-order valence-corrected chi connectivity index (χ4v) is 6.78. The van der Waals surface area contributed by atoms with Gasteiger partial charge in [0.15, 0.2) is 0 Å². The third-order valence-corrected chi connectivity index (χ3v) is 10.2. The van der Waals surface area contributed by atoms with Crippen LogP contribution in [0.4, 0.5) is 0 Å². The highest BCUT2D eigenvalue weighted by Crippen LogP contribution is 2.12. The molecule has 1 heterocycles. The lowest BCUT2D eigenvalue weighted by atomic mass is 9.97. The highest BCUT2D eigenvalue weighted by molar-refractivity contribution is 5.97. The summed E-state index contributed by atoms with van der Waals surface area (Å²) in [4.78, 5) is 117. The van der Waals surface area contributed by atoms with Crippen LogP contribution >= 0.6 is 0 Å². The second kappa shape index (κ2) is 27.4. The van der Waals surface area contributed by atoms with Gasteiger partial charge in [-0.3, -0.25) is 43.2 Å². The number of rotatable bonds is 28. The number of primary amides is 1. The quantitative estimate of drug-likeness (QED) is 0.0378. The molecule has 0 aliphatic carbocycles. The Labute approximate surface area is 367 Å². The number of hydrogen-bond donors (Lipinski definition) is 13. The van der Waals surface area contributed by atoms with Crippen molar-refractivity contribution in [2.75, 3.05) is 26.2 Å². The summed E-state index contributed by atoms with van der Waals surface area (Å²) in [6, 6.07) is 0.0758. The molecule has 1 saturated heterocycles. The molecule has 1 unspecified atom stereocenters. The van der Waals surface area contributed by atoms with Crippen molar-refractivity contribution in [1.29, 1.82) is 0 Å². The highest BCUT2D eigenvalue weighted by atomic mass is 16.3. The summed E-state index contributed by atoms with van der Waals surface area (Å²) in [6.07, 6.45) is -0.945. The number of hydrogen-bond acceptors (Lipinski definition) is 13. The zero-order chi connectivity index (χ0) is 47.2. The van der Waals surface area contributed by atoms with Crippen LogP contribution in [-0.2, 0) is 49.6 Å². The predicted octanol–water partition coefficient (Wildman–Crippen LogP) is -4.48. The lowest BCUT2D eigenvalue weighted by molar-refractivity contribution is -0.135. The largest absolute Gasteiger partial charge is 0.391 e. The number of carbonyl (C=O) groups is 9. The van der Waals surface area contributed by atoms with Crippen molar-refractivity contribution >= 4 is 53.2 Å². The molecule has 22 heteroatoms. The fourth-order valence-electron chi connectivity index (χ4n) is 6.78. The van der Waals surface area contributed by atoms with Crippen molar-refractivity contribution in [3.05, 3.63) is 35.9 Å². The van der Waals surface area contributed by atoms with Gasteiger partial charge in [-0.15, -0.1) is 0 Å². The molecule has 1 aliphatic heterocycles. The molecule has 0 radical (unpaired) electrons. The predicted molar refractivity (Wildman–Crippen MR) is 231 cm³/mol. The third-order valence-electron chi connectivity index (χ3n) is 10.2. The smallest absolute Gasteiger partial charge is 0.245 e. The number of benzene rings is 1. The first kappa shape index (κ1) is 53.4. The first-order valence-corrected chi connectivity index (χ1v) is 21.3. The minimum atomic E-state index is -1.58. The van der Waals surface area contributed by atoms with E-state index >= 15 is 0 Å². The summed E-state index contributed by atoms with van der Waals surface area (Å²) in [7, 11) is 0. The van der Waals surface area contributed by atoms with Crippen LogP contribution in [0.15, 0.2) is 30.3 Å². The lowest BCUT2D eigenvalue weighted by Crippen LogP contribution is -2.60. The Balaban J connectivity index is 2.19. The van der Waals surface area contributed by atoms with E-state index in [4.69, 9.17) is 22.9 Å². The summed E-state index contributed by atoms with van der Waals surface area (Å²) in [5.74, 6) is -6.51. The summed E-state index contributed by atoms with van der Waals surface area (Å²) >= 11 is 0. The normalized spacial score (nSPS) is 17.3. The van der Waals surface area contributed by atoms with E-state index in [1.165, 1.54) is 6.92 Å². The Hall–Kier alpha value is -5.71. The van der Waals surface area contributed by atoms with E-state index in [1.54, 1.807) is 37.3 Å². The topological polar surface area (TPSA) is 374 Å². The number of nitrogens with one attached hydrogen (secondary N) is 8. The van der Waals surface area contributed by atoms with Gasteiger partial charge in [0.2, 0.25) is 53.2 Å². The monoisotopic (exact) mass is 889 g/mol. The molecular formula is C41H68N12O10. The molecule has 0 aromatic heterocycles. The summed E-state index contributed by atoms with van der Waals surface area (Å²) in [5.41, 5.74) is 23.5. The van der Waals surface area contributed by atoms with Gasteiger partial charge in [0, 0.05) is 25.3 Å². The van der Waals surface area contributed by atoms with Crippen LogP contribution in [0.25, 0.3) is 0 Å². The average Bonchev–Trinajstić information content (AvgIpc) is 3.67. The molecule has 9 atom stereocenters. The Morgan fingerprint density at radius 3 is 1.59 bits per heavy atom. The Bertz CT molecular complexity index is 1720. The standard InChI is InChI=1S/C41H68N12O10/c1-22(2)20-23(3)35(57)48-27(12-16-42)37(59)50-29(14-18-44)40(62)53-33(24(4)54)41(63)46-19-15-30(51-36(58)26-10-11-32(55)47-26)39(61)49-28(13-17-43)38(60)52-31(34(45)56)21-25-8-6-5-7-9-25/h5-9,22-24,26-31,33,54H,10-21,42-44H2,1-4H3,(H2,45,56)(H,46,63)(H,47,55)(H,48,57)(H,49,61)(H,50,59)(H,51,58)(H,52,60)(H,53,62)/t23-,24+,26-,27-,28-,29-,30?,31+,33-/m0/s1. The van der Waals surface area contributed by atoms with E-state index in [9.17, 15) is 48.3 Å². The molecule has 63 heavy (non-hydrogen) atoms. The van der Waals surface area contributed by atoms with Gasteiger partial charge in [-0.2, -0.15) is 0 Å². The maximum absolute atomic E-state index is 13.8. The van der Waals surface area contributed by atoms with E-state index in [-0.39, 0.29) is 88.9 Å². The molecule has 22 nitrogen and oxygen atoms in total. The third kappa shape index (κ3) is 18.7. The Morgan fingerprint density at radius 1 is 0.667 bits per heavy atom. The molecule has 17 N–H and O–H groups in total. The molecule has 2 rings (SSSR count). The van der Waals surface area contributed by atoms with Gasteiger partial charge in [0.05, 0.1) is 6.10 Å². The number of carbonyl (C=O) groups excluding carboxylic acids is 9. The van der Waals surface area contributed by atoms with Crippen LogP contribution in [0.5, 0.6) is 0 Å². The molecule has 1 fully saturated rings. The number of aliphatic hydroxyl groups excluding tert-OH is 1. The SMILES string of the molecule is CC(C)C[C@H](C)C(=O)N[C@@H](CCN)C(=O)N[C@@H](CCN)C(=O)N[C@H](C(=O)NCCC(NC(=O)[C@@H]1CCC(=O)N1)C(=O)N[C@@H](CCN)C(=O)N[C@H](Cc1ccccc1)C(N)=O)[C@@H](C)O. The van der Waals surface area contributed by atoms with Crippen molar-refractivity contribution in [2.24, 2.45) is 34.8 Å². The van der Waals surface area contributed by atoms with Crippen molar-refractivity contribution < 1.29 is 48.3 Å². The molecule has 0 saturated carbocycles. The maximum atomic E-state index is 13.8. The second-order valence-electron chi connectivity index (χ2n) is 16.1. The molecule has 0 bridgehead atoms. The highest BCUT2D eigenvalue weighted by Gasteiger charge is 2.35. The molecular weight excluding hydrogens is 821 g/mol. The van der Waals surface area contributed by atoms with E-state index in [0.717, 1.165) is 0 Å². The van der Waals surface area contributed by atoms with Crippen molar-refractivity contribution in [3.8, 4) is 0 Å². The Morgan fingerprint density at radius 2 is 1.14 bits per heavy atom. The molecule has 0 spiro atoms. The van der Waals surface area contributed by atoms with Crippen LogP contribution < -0.4 is 65.5 Å². The summed E-state index contributed by atoms with van der Waals surface area (Å²) in [5, 5.41) is 30.9. The van der Waals surface area contributed by atoms with Gasteiger partial charge in [0.25, 0.3) is 0 Å². The summed E-state index contributed by atoms with van der Waals surface area (Å²) in [6.45, 7) is 6.50. The minimum Gasteiger partial charge on any atom is -0.391 e. The Kier molecular flexibility index (Phi) is 23.2. The van der Waals surface area contributed by atoms with Gasteiger partial charge in [-0.25, -0.2) is 0 Å². The zero-order valence-electron chi connectivity index (χ0n) is 36.6. The van der Waals surface area contributed by atoms with Gasteiger partial charge >= 0.3 is 0 Å². The minimum absolute atomic E-state index is 0.0501. The van der Waals surface area contributed by atoms with Gasteiger partial charge in [0.1, 0.15) is 42.3 Å². The number of aliphatic hydroxyl groups is 1. The van der Waals surface area contributed by atoms with Crippen molar-refractivity contribution in [3.63, 3.8) is 0 Å². The van der Waals surface area contributed by atoms with Crippen LogP contribution in [0.1, 0.15) is 78.2 Å². The number of nitrogens with two attached hydrogens (primary N) is 4. The van der Waals surface area contributed by atoms with Crippen molar-refractivity contribution in [2.45, 2.75) is 127 Å². The van der Waals surface area contributed by atoms with Crippen LogP contribution in [0, 0.1) is 11.8 Å². The van der Waals surface area contributed by atoms with E-state index in [0.29, 0.717) is 12.0 Å². The van der Waals surface area contributed by atoms with E-state index in [2.05, 4.69) is 42.5 Å². The molecule has 1 aliphatic rings. The van der Waals surface area contributed by atoms with Crippen LogP contribution in [0.2, 0.25) is 0 Å². The van der Waals surface area contributed by atoms with Gasteiger partial charge in [-0.1, -0.05) is 51.1 Å². The van der Waals surface area contributed by atoms with E-state index in [1.807, 2.05) is 13.8 Å². The molecule has 9 amide bonds. The molecule has 1 aromatic rings. The lowest BCUT2D eigenvalue weighted by Gasteiger charge is -2.27. The van der Waals surface area contributed by atoms with Crippen LogP contribution in [0.3, 0.4) is 0 Å². The first-order chi connectivity index (χ1) is 29.8. The second-order valence-corrected chi connectivity index (χ2v) is 16.1. The maximum Gasteiger partial charge on any atom is 0.245 e. The van der Waals surface area contributed by atoms with Crippen LogP contribution in [-0.4, -0.2) is 133 Å². The fraction of sp³-hybridized carbons (Fsp3) is 0.634. The number of amides is 9. The van der Waals surface area contributed by atoms with Crippen molar-refractivity contribution in [1.82, 2.24) is 42.5 Å².